The minimum absolute atomic E-state index is 0.0109. The van der Waals surface area contributed by atoms with Crippen molar-refractivity contribution in [1.29, 1.82) is 0 Å². The maximum atomic E-state index is 13.3. The second-order valence-corrected chi connectivity index (χ2v) is 9.60. The standard InChI is InChI=1S/C26H33NO6/c1-15(2)32-11-12-33-25(30)21-16(3)27-19-13-26(4,5)14-20(28)23(19)22(21)17-7-9-18(10-8-17)24(29)31-6/h7-10,15,22,27H,11-14H2,1-6H3/t22-/m0/s1. The minimum atomic E-state index is -0.574. The topological polar surface area (TPSA) is 90.9 Å². The van der Waals surface area contributed by atoms with Crippen molar-refractivity contribution in [2.24, 2.45) is 5.41 Å². The number of hydrogen-bond acceptors (Lipinski definition) is 7. The molecule has 1 atom stereocenters. The highest BCUT2D eigenvalue weighted by molar-refractivity contribution is 6.04. The fourth-order valence-corrected chi connectivity index (χ4v) is 4.47. The second-order valence-electron chi connectivity index (χ2n) is 9.60. The van der Waals surface area contributed by atoms with Crippen molar-refractivity contribution >= 4 is 17.7 Å². The van der Waals surface area contributed by atoms with E-state index in [1.165, 1.54) is 7.11 Å². The number of methoxy groups -OCH3 is 1. The maximum absolute atomic E-state index is 13.3. The van der Waals surface area contributed by atoms with Crippen LogP contribution in [0.25, 0.3) is 0 Å². The summed E-state index contributed by atoms with van der Waals surface area (Å²) in [6, 6.07) is 6.83. The first-order chi connectivity index (χ1) is 15.5. The number of allylic oxidation sites excluding steroid dienone is 3. The third-order valence-corrected chi connectivity index (χ3v) is 5.89. The molecule has 2 aliphatic rings. The van der Waals surface area contributed by atoms with Crippen LogP contribution in [0, 0.1) is 5.41 Å². The zero-order chi connectivity index (χ0) is 24.3. The van der Waals surface area contributed by atoms with Crippen molar-refractivity contribution in [3.8, 4) is 0 Å². The quantitative estimate of drug-likeness (QED) is 0.490. The van der Waals surface area contributed by atoms with Gasteiger partial charge in [0.2, 0.25) is 0 Å². The molecule has 33 heavy (non-hydrogen) atoms. The molecule has 1 aromatic carbocycles. The van der Waals surface area contributed by atoms with Crippen molar-refractivity contribution in [3.63, 3.8) is 0 Å². The molecule has 7 nitrogen and oxygen atoms in total. The van der Waals surface area contributed by atoms with Crippen LogP contribution in [-0.2, 0) is 23.8 Å². The predicted octanol–water partition coefficient (Wildman–Crippen LogP) is 4.05. The first-order valence-electron chi connectivity index (χ1n) is 11.2. The monoisotopic (exact) mass is 455 g/mol. The number of rotatable bonds is 7. The SMILES string of the molecule is COC(=O)c1ccc([C@H]2C(C(=O)OCCOC(C)C)=C(C)NC3=C2C(=O)CC(C)(C)C3)cc1. The zero-order valence-electron chi connectivity index (χ0n) is 20.2. The number of ketones is 1. The number of nitrogens with one attached hydrogen (secondary N) is 1. The molecule has 0 unspecified atom stereocenters. The fourth-order valence-electron chi connectivity index (χ4n) is 4.47. The Kier molecular flexibility index (Phi) is 7.42. The van der Waals surface area contributed by atoms with Gasteiger partial charge < -0.3 is 19.5 Å². The minimum Gasteiger partial charge on any atom is -0.465 e. The Hall–Kier alpha value is -2.93. The van der Waals surface area contributed by atoms with E-state index in [0.29, 0.717) is 41.9 Å². The van der Waals surface area contributed by atoms with E-state index in [-0.39, 0.29) is 23.9 Å². The molecule has 0 radical (unpaired) electrons. The molecule has 1 heterocycles. The van der Waals surface area contributed by atoms with Crippen molar-refractivity contribution < 1.29 is 28.6 Å². The third-order valence-electron chi connectivity index (χ3n) is 5.89. The number of carbonyl (C=O) groups is 3. The van der Waals surface area contributed by atoms with Gasteiger partial charge in [-0.2, -0.15) is 0 Å². The van der Waals surface area contributed by atoms with E-state index in [2.05, 4.69) is 19.2 Å². The van der Waals surface area contributed by atoms with Gasteiger partial charge in [-0.05, 0) is 50.3 Å². The largest absolute Gasteiger partial charge is 0.465 e. The molecule has 0 saturated heterocycles. The van der Waals surface area contributed by atoms with E-state index in [4.69, 9.17) is 14.2 Å². The Morgan fingerprint density at radius 1 is 1.09 bits per heavy atom. The van der Waals surface area contributed by atoms with E-state index in [1.807, 2.05) is 20.8 Å². The number of esters is 2. The van der Waals surface area contributed by atoms with E-state index in [0.717, 1.165) is 11.3 Å². The van der Waals surface area contributed by atoms with Crippen LogP contribution in [0.15, 0.2) is 46.8 Å². The highest BCUT2D eigenvalue weighted by Crippen LogP contribution is 2.46. The summed E-state index contributed by atoms with van der Waals surface area (Å²) in [5.74, 6) is -1.50. The lowest BCUT2D eigenvalue weighted by Crippen LogP contribution is -2.38. The van der Waals surface area contributed by atoms with Gasteiger partial charge in [-0.3, -0.25) is 4.79 Å². The smallest absolute Gasteiger partial charge is 0.337 e. The summed E-state index contributed by atoms with van der Waals surface area (Å²) in [6.07, 6.45) is 1.14. The average molecular weight is 456 g/mol. The van der Waals surface area contributed by atoms with Crippen molar-refractivity contribution in [3.05, 3.63) is 57.9 Å². The molecule has 1 N–H and O–H groups in total. The Labute approximate surface area is 195 Å². The molecule has 1 aliphatic heterocycles. The molecule has 0 amide bonds. The number of ether oxygens (including phenoxy) is 3. The molecule has 0 fully saturated rings. The summed E-state index contributed by atoms with van der Waals surface area (Å²) < 4.78 is 15.8. The number of Topliss-reactive ketones (excluding diaryl/α,β-unsaturated/α-hetero) is 1. The van der Waals surface area contributed by atoms with Gasteiger partial charge in [0, 0.05) is 29.3 Å². The lowest BCUT2D eigenvalue weighted by molar-refractivity contribution is -0.141. The van der Waals surface area contributed by atoms with Gasteiger partial charge in [0.25, 0.3) is 0 Å². The van der Waals surface area contributed by atoms with Crippen molar-refractivity contribution in [2.75, 3.05) is 20.3 Å². The van der Waals surface area contributed by atoms with Crippen LogP contribution in [0.1, 0.15) is 69.3 Å². The summed E-state index contributed by atoms with van der Waals surface area (Å²) in [5.41, 5.74) is 3.47. The van der Waals surface area contributed by atoms with Gasteiger partial charge in [-0.25, -0.2) is 9.59 Å². The number of benzene rings is 1. The summed E-state index contributed by atoms with van der Waals surface area (Å²) in [6.45, 7) is 10.2. The lowest BCUT2D eigenvalue weighted by Gasteiger charge is -2.39. The van der Waals surface area contributed by atoms with Crippen LogP contribution in [-0.4, -0.2) is 44.1 Å². The normalized spacial score (nSPS) is 19.8. The van der Waals surface area contributed by atoms with Crippen LogP contribution in [0.2, 0.25) is 0 Å². The van der Waals surface area contributed by atoms with E-state index in [9.17, 15) is 14.4 Å². The second kappa shape index (κ2) is 9.91. The summed E-state index contributed by atoms with van der Waals surface area (Å²) in [5, 5.41) is 3.31. The first kappa shape index (κ1) is 24.7. The van der Waals surface area contributed by atoms with Gasteiger partial charge in [0.15, 0.2) is 5.78 Å². The molecule has 1 aliphatic carbocycles. The summed E-state index contributed by atoms with van der Waals surface area (Å²) in [4.78, 5) is 38.4. The Balaban J connectivity index is 2.00. The molecule has 178 valence electrons. The fraction of sp³-hybridized carbons (Fsp3) is 0.500. The zero-order valence-corrected chi connectivity index (χ0v) is 20.2. The predicted molar refractivity (Wildman–Crippen MR) is 123 cm³/mol. The molecular formula is C26H33NO6. The molecule has 0 bridgehead atoms. The number of dihydropyridines is 1. The van der Waals surface area contributed by atoms with Crippen molar-refractivity contribution in [2.45, 2.75) is 59.5 Å². The van der Waals surface area contributed by atoms with Gasteiger partial charge >= 0.3 is 11.9 Å². The highest BCUT2D eigenvalue weighted by atomic mass is 16.6. The van der Waals surface area contributed by atoms with E-state index >= 15 is 0 Å². The van der Waals surface area contributed by atoms with E-state index < -0.39 is 17.9 Å². The molecule has 0 saturated carbocycles. The lowest BCUT2D eigenvalue weighted by atomic mass is 9.68. The summed E-state index contributed by atoms with van der Waals surface area (Å²) in [7, 11) is 1.33. The molecule has 7 heteroatoms. The Morgan fingerprint density at radius 3 is 2.36 bits per heavy atom. The van der Waals surface area contributed by atoms with Crippen LogP contribution in [0.4, 0.5) is 0 Å². The Bertz CT molecular complexity index is 1000. The molecule has 1 aromatic rings. The highest BCUT2D eigenvalue weighted by Gasteiger charge is 2.43. The van der Waals surface area contributed by atoms with E-state index in [1.54, 1.807) is 24.3 Å². The molecule has 0 aromatic heterocycles. The Morgan fingerprint density at radius 2 is 1.76 bits per heavy atom. The molecule has 3 rings (SSSR count). The van der Waals surface area contributed by atoms with Crippen molar-refractivity contribution in [1.82, 2.24) is 5.32 Å². The van der Waals surface area contributed by atoms with Gasteiger partial charge in [0.05, 0.1) is 31.0 Å². The van der Waals surface area contributed by atoms with Gasteiger partial charge in [0.1, 0.15) is 6.61 Å². The first-order valence-corrected chi connectivity index (χ1v) is 11.2. The summed E-state index contributed by atoms with van der Waals surface area (Å²) >= 11 is 0. The number of carbonyl (C=O) groups excluding carboxylic acids is 3. The average Bonchev–Trinajstić information content (AvgIpc) is 2.74. The molecule has 0 spiro atoms. The third kappa shape index (κ3) is 5.53. The van der Waals surface area contributed by atoms with Gasteiger partial charge in [-0.15, -0.1) is 0 Å². The van der Waals surface area contributed by atoms with Crippen LogP contribution >= 0.6 is 0 Å². The maximum Gasteiger partial charge on any atom is 0.337 e. The molecular weight excluding hydrogens is 422 g/mol. The van der Waals surface area contributed by atoms with Crippen LogP contribution in [0.3, 0.4) is 0 Å². The van der Waals surface area contributed by atoms with Crippen LogP contribution < -0.4 is 5.32 Å². The van der Waals surface area contributed by atoms with Crippen LogP contribution in [0.5, 0.6) is 0 Å². The number of hydrogen-bond donors (Lipinski definition) is 1. The van der Waals surface area contributed by atoms with Gasteiger partial charge in [-0.1, -0.05) is 26.0 Å².